The Morgan fingerprint density at radius 1 is 0.941 bits per heavy atom. The van der Waals surface area contributed by atoms with Crippen LogP contribution in [0.15, 0.2) is 0 Å². The van der Waals surface area contributed by atoms with Gasteiger partial charge < -0.3 is 4.79 Å². The molecule has 2 nitrogen and oxygen atoms in total. The molecule has 0 radical (unpaired) electrons. The fourth-order valence-corrected chi connectivity index (χ4v) is 2.36. The summed E-state index contributed by atoms with van der Waals surface area (Å²) in [4.78, 5) is 22.2. The molecule has 0 N–H and O–H groups in total. The van der Waals surface area contributed by atoms with Gasteiger partial charge in [-0.05, 0) is 32.6 Å². The zero-order valence-corrected chi connectivity index (χ0v) is 12.5. The Morgan fingerprint density at radius 2 is 1.41 bits per heavy atom. The van der Waals surface area contributed by atoms with Crippen LogP contribution in [0, 0.1) is 11.8 Å². The van der Waals surface area contributed by atoms with Crippen molar-refractivity contribution in [3.63, 3.8) is 0 Å². The number of Topliss-reactive ketones (excluding diaryl/α,β-unsaturated/α-hetero) is 2. The van der Waals surface area contributed by atoms with Gasteiger partial charge in [-0.15, -0.1) is 0 Å². The Hall–Kier alpha value is -0.660. The molecule has 0 aromatic rings. The van der Waals surface area contributed by atoms with Crippen molar-refractivity contribution in [1.29, 1.82) is 0 Å². The van der Waals surface area contributed by atoms with E-state index in [-0.39, 0.29) is 17.5 Å². The van der Waals surface area contributed by atoms with Crippen molar-refractivity contribution >= 4 is 11.6 Å². The molecule has 0 heterocycles. The molecular weight excluding hydrogens is 212 g/mol. The molecule has 0 aliphatic heterocycles. The van der Waals surface area contributed by atoms with Crippen LogP contribution in [0.2, 0.25) is 0 Å². The van der Waals surface area contributed by atoms with Gasteiger partial charge in [-0.3, -0.25) is 4.79 Å². The van der Waals surface area contributed by atoms with Crippen molar-refractivity contribution in [3.05, 3.63) is 0 Å². The topological polar surface area (TPSA) is 34.1 Å². The van der Waals surface area contributed by atoms with Gasteiger partial charge >= 0.3 is 0 Å². The number of hydrogen-bond acceptors (Lipinski definition) is 2. The van der Waals surface area contributed by atoms with Crippen LogP contribution < -0.4 is 0 Å². The number of ketones is 2. The summed E-state index contributed by atoms with van der Waals surface area (Å²) in [6.45, 7) is 11.3. The summed E-state index contributed by atoms with van der Waals surface area (Å²) in [5.41, 5.74) is 0. The van der Waals surface area contributed by atoms with Gasteiger partial charge in [0.25, 0.3) is 0 Å². The van der Waals surface area contributed by atoms with E-state index in [9.17, 15) is 9.59 Å². The largest absolute Gasteiger partial charge is 0.300 e. The highest BCUT2D eigenvalue weighted by Crippen LogP contribution is 2.32. The molecule has 1 saturated carbocycles. The van der Waals surface area contributed by atoms with Crippen molar-refractivity contribution in [2.75, 3.05) is 0 Å². The summed E-state index contributed by atoms with van der Waals surface area (Å²) >= 11 is 0. The van der Waals surface area contributed by atoms with Crippen LogP contribution in [0.3, 0.4) is 0 Å². The summed E-state index contributed by atoms with van der Waals surface area (Å²) < 4.78 is 0. The van der Waals surface area contributed by atoms with E-state index >= 15 is 0 Å². The van der Waals surface area contributed by atoms with Crippen molar-refractivity contribution < 1.29 is 9.59 Å². The van der Waals surface area contributed by atoms with Crippen LogP contribution >= 0.6 is 0 Å². The van der Waals surface area contributed by atoms with E-state index in [1.54, 1.807) is 13.8 Å². The summed E-state index contributed by atoms with van der Waals surface area (Å²) in [5.74, 6) is 0.991. The predicted octanol–water partition coefficient (Wildman–Crippen LogP) is 4.41. The van der Waals surface area contributed by atoms with Crippen LogP contribution in [-0.4, -0.2) is 11.6 Å². The van der Waals surface area contributed by atoms with Gasteiger partial charge in [-0.2, -0.15) is 0 Å². The second-order valence-corrected chi connectivity index (χ2v) is 4.17. The lowest BCUT2D eigenvalue weighted by Crippen LogP contribution is -2.26. The zero-order chi connectivity index (χ0) is 13.8. The Labute approximate surface area is 107 Å². The molecule has 17 heavy (non-hydrogen) atoms. The first-order valence-electron chi connectivity index (χ1n) is 7.11. The summed E-state index contributed by atoms with van der Waals surface area (Å²) in [6, 6.07) is 0. The van der Waals surface area contributed by atoms with Crippen LogP contribution in [-0.2, 0) is 9.59 Å². The minimum absolute atomic E-state index is 0.164. The van der Waals surface area contributed by atoms with E-state index in [1.807, 2.05) is 27.7 Å². The van der Waals surface area contributed by atoms with Crippen molar-refractivity contribution in [2.45, 2.75) is 73.6 Å². The highest BCUT2D eigenvalue weighted by molar-refractivity contribution is 5.81. The lowest BCUT2D eigenvalue weighted by atomic mass is 9.75. The van der Waals surface area contributed by atoms with E-state index in [0.29, 0.717) is 12.3 Å². The molecule has 0 spiro atoms. The minimum Gasteiger partial charge on any atom is -0.300 e. The molecule has 0 aromatic carbocycles. The molecule has 0 amide bonds. The zero-order valence-electron chi connectivity index (χ0n) is 12.5. The summed E-state index contributed by atoms with van der Waals surface area (Å²) in [7, 11) is 0. The quantitative estimate of drug-likeness (QED) is 0.734. The third-order valence-corrected chi connectivity index (χ3v) is 2.98. The van der Waals surface area contributed by atoms with Gasteiger partial charge in [0, 0.05) is 12.3 Å². The van der Waals surface area contributed by atoms with Gasteiger partial charge in [-0.1, -0.05) is 40.5 Å². The molecule has 2 atom stereocenters. The Bertz CT molecular complexity index is 209. The van der Waals surface area contributed by atoms with Gasteiger partial charge in [0.15, 0.2) is 0 Å². The first kappa shape index (κ1) is 18.7. The Kier molecular flexibility index (Phi) is 13.0. The van der Waals surface area contributed by atoms with E-state index in [2.05, 4.69) is 0 Å². The normalized spacial score (nSPS) is 22.5. The average molecular weight is 242 g/mol. The van der Waals surface area contributed by atoms with Crippen LogP contribution in [0.1, 0.15) is 73.6 Å². The molecule has 0 aromatic heterocycles. The maximum atomic E-state index is 11.3. The molecule has 1 aliphatic carbocycles. The third-order valence-electron chi connectivity index (χ3n) is 2.98. The van der Waals surface area contributed by atoms with Crippen molar-refractivity contribution in [1.82, 2.24) is 0 Å². The number of rotatable bonds is 3. The maximum absolute atomic E-state index is 11.3. The number of hydrogen-bond donors (Lipinski definition) is 0. The molecule has 0 bridgehead atoms. The predicted molar refractivity (Wildman–Crippen MR) is 74.1 cm³/mol. The average Bonchev–Trinajstić information content (AvgIpc) is 2.34. The van der Waals surface area contributed by atoms with E-state index < -0.39 is 0 Å². The number of carbonyl (C=O) groups excluding carboxylic acids is 2. The minimum atomic E-state index is 0.164. The van der Waals surface area contributed by atoms with E-state index in [0.717, 1.165) is 19.3 Å². The SMILES string of the molecule is CC.CC.CC(=O)CC1CCCCC1C(C)=O. The second-order valence-electron chi connectivity index (χ2n) is 4.17. The molecule has 102 valence electrons. The first-order valence-corrected chi connectivity index (χ1v) is 7.11. The monoisotopic (exact) mass is 242 g/mol. The molecular formula is C15H30O2. The molecule has 0 saturated heterocycles. The van der Waals surface area contributed by atoms with Gasteiger partial charge in [-0.25, -0.2) is 0 Å². The van der Waals surface area contributed by atoms with Crippen LogP contribution in [0.25, 0.3) is 0 Å². The van der Waals surface area contributed by atoms with Gasteiger partial charge in [0.1, 0.15) is 11.6 Å². The third kappa shape index (κ3) is 8.12. The van der Waals surface area contributed by atoms with Crippen LogP contribution in [0.4, 0.5) is 0 Å². The van der Waals surface area contributed by atoms with Crippen molar-refractivity contribution in [2.24, 2.45) is 11.8 Å². The highest BCUT2D eigenvalue weighted by atomic mass is 16.1. The van der Waals surface area contributed by atoms with Crippen molar-refractivity contribution in [3.8, 4) is 0 Å². The molecule has 1 aliphatic rings. The fourth-order valence-electron chi connectivity index (χ4n) is 2.36. The highest BCUT2D eigenvalue weighted by Gasteiger charge is 2.28. The smallest absolute Gasteiger partial charge is 0.133 e. The molecule has 1 fully saturated rings. The molecule has 2 heteroatoms. The molecule has 1 rings (SSSR count). The lowest BCUT2D eigenvalue weighted by Gasteiger charge is -2.28. The summed E-state index contributed by atoms with van der Waals surface area (Å²) in [5, 5.41) is 0. The first-order chi connectivity index (χ1) is 8.11. The van der Waals surface area contributed by atoms with Crippen LogP contribution in [0.5, 0.6) is 0 Å². The fraction of sp³-hybridized carbons (Fsp3) is 0.867. The second kappa shape index (κ2) is 11.8. The molecule has 2 unspecified atom stereocenters. The van der Waals surface area contributed by atoms with Gasteiger partial charge in [0.05, 0.1) is 0 Å². The Balaban J connectivity index is 0. The van der Waals surface area contributed by atoms with E-state index in [1.165, 1.54) is 6.42 Å². The van der Waals surface area contributed by atoms with E-state index in [4.69, 9.17) is 0 Å². The standard InChI is InChI=1S/C11H18O2.2C2H6/c1-8(12)7-10-5-3-4-6-11(10)9(2)13;2*1-2/h10-11H,3-7H2,1-2H3;2*1-2H3. The lowest BCUT2D eigenvalue weighted by molar-refractivity contribution is -0.125. The summed E-state index contributed by atoms with van der Waals surface area (Å²) in [6.07, 6.45) is 4.99. The number of carbonyl (C=O) groups is 2. The Morgan fingerprint density at radius 3 is 1.82 bits per heavy atom. The van der Waals surface area contributed by atoms with Gasteiger partial charge in [0.2, 0.25) is 0 Å². The maximum Gasteiger partial charge on any atom is 0.133 e.